The predicted molar refractivity (Wildman–Crippen MR) is 70.8 cm³/mol. The van der Waals surface area contributed by atoms with E-state index in [0.29, 0.717) is 0 Å². The molecule has 0 heterocycles. The maximum absolute atomic E-state index is 11.1. The molecule has 1 aliphatic rings. The Morgan fingerprint density at radius 2 is 1.94 bits per heavy atom. The number of hydrogen-bond donors (Lipinski definition) is 0. The zero-order chi connectivity index (χ0) is 12.5. The van der Waals surface area contributed by atoms with Crippen molar-refractivity contribution in [2.75, 3.05) is 0 Å². The number of rotatable bonds is 7. The summed E-state index contributed by atoms with van der Waals surface area (Å²) in [4.78, 5) is 11.1. The van der Waals surface area contributed by atoms with Crippen LogP contribution in [-0.4, -0.2) is 12.1 Å². The Kier molecular flexibility index (Phi) is 6.99. The average Bonchev–Trinajstić information content (AvgIpc) is 2.36. The summed E-state index contributed by atoms with van der Waals surface area (Å²) in [6.45, 7) is 5.67. The van der Waals surface area contributed by atoms with Gasteiger partial charge in [-0.3, -0.25) is 0 Å². The summed E-state index contributed by atoms with van der Waals surface area (Å²) in [6.07, 6.45) is 12.7. The van der Waals surface area contributed by atoms with E-state index in [2.05, 4.69) is 13.5 Å². The molecule has 0 N–H and O–H groups in total. The van der Waals surface area contributed by atoms with Crippen molar-refractivity contribution in [3.8, 4) is 0 Å². The summed E-state index contributed by atoms with van der Waals surface area (Å²) in [5.41, 5.74) is 0. The van der Waals surface area contributed by atoms with Gasteiger partial charge in [-0.15, -0.1) is 0 Å². The van der Waals surface area contributed by atoms with Crippen molar-refractivity contribution in [3.63, 3.8) is 0 Å². The molecule has 0 aromatic carbocycles. The fraction of sp³-hybridized carbons (Fsp3) is 0.800. The second kappa shape index (κ2) is 8.32. The molecule has 0 aliphatic heterocycles. The van der Waals surface area contributed by atoms with E-state index in [1.165, 1.54) is 51.0 Å². The van der Waals surface area contributed by atoms with Crippen LogP contribution in [-0.2, 0) is 9.53 Å². The van der Waals surface area contributed by atoms with E-state index in [1.807, 2.05) is 0 Å². The zero-order valence-electron chi connectivity index (χ0n) is 11.1. The minimum absolute atomic E-state index is 0.146. The molecule has 0 aromatic heterocycles. The van der Waals surface area contributed by atoms with E-state index in [0.717, 1.165) is 18.8 Å². The third-order valence-electron chi connectivity index (χ3n) is 3.71. The fourth-order valence-electron chi connectivity index (χ4n) is 2.61. The Morgan fingerprint density at radius 1 is 1.24 bits per heavy atom. The van der Waals surface area contributed by atoms with Crippen LogP contribution >= 0.6 is 0 Å². The van der Waals surface area contributed by atoms with Gasteiger partial charge in [0.25, 0.3) is 0 Å². The van der Waals surface area contributed by atoms with E-state index < -0.39 is 0 Å². The third-order valence-corrected chi connectivity index (χ3v) is 3.71. The van der Waals surface area contributed by atoms with E-state index >= 15 is 0 Å². The van der Waals surface area contributed by atoms with Gasteiger partial charge in [0.15, 0.2) is 0 Å². The minimum Gasteiger partial charge on any atom is -0.459 e. The van der Waals surface area contributed by atoms with Crippen LogP contribution in [0.3, 0.4) is 0 Å². The van der Waals surface area contributed by atoms with Crippen LogP contribution in [0.1, 0.15) is 64.7 Å². The van der Waals surface area contributed by atoms with Crippen LogP contribution in [0.4, 0.5) is 0 Å². The lowest BCUT2D eigenvalue weighted by Gasteiger charge is -2.28. The lowest BCUT2D eigenvalue weighted by molar-refractivity contribution is -0.144. The summed E-state index contributed by atoms with van der Waals surface area (Å²) < 4.78 is 5.27. The fourth-order valence-corrected chi connectivity index (χ4v) is 2.61. The van der Waals surface area contributed by atoms with Crippen molar-refractivity contribution >= 4 is 5.97 Å². The van der Waals surface area contributed by atoms with E-state index in [4.69, 9.17) is 4.74 Å². The zero-order valence-corrected chi connectivity index (χ0v) is 11.1. The minimum atomic E-state index is -0.267. The molecule has 98 valence electrons. The van der Waals surface area contributed by atoms with Gasteiger partial charge in [-0.2, -0.15) is 0 Å². The lowest BCUT2D eigenvalue weighted by Crippen LogP contribution is -2.23. The number of esters is 1. The number of carbonyl (C=O) groups is 1. The van der Waals surface area contributed by atoms with Crippen molar-refractivity contribution in [2.24, 2.45) is 5.92 Å². The summed E-state index contributed by atoms with van der Waals surface area (Å²) in [7, 11) is 0. The number of hydrogen-bond acceptors (Lipinski definition) is 2. The molecule has 1 rings (SSSR count). The predicted octanol–water partition coefficient (Wildman–Crippen LogP) is 4.24. The molecule has 0 spiro atoms. The van der Waals surface area contributed by atoms with Gasteiger partial charge in [-0.25, -0.2) is 4.79 Å². The molecule has 1 aliphatic carbocycles. The third kappa shape index (κ3) is 5.90. The smallest absolute Gasteiger partial charge is 0.330 e. The van der Waals surface area contributed by atoms with Gasteiger partial charge in [-0.05, 0) is 31.6 Å². The van der Waals surface area contributed by atoms with Gasteiger partial charge in [0.05, 0.1) is 0 Å². The van der Waals surface area contributed by atoms with E-state index in [1.54, 1.807) is 0 Å². The molecule has 17 heavy (non-hydrogen) atoms. The topological polar surface area (TPSA) is 26.3 Å². The normalized spacial score (nSPS) is 24.3. The van der Waals surface area contributed by atoms with Crippen LogP contribution in [0.15, 0.2) is 12.7 Å². The molecule has 0 saturated heterocycles. The Morgan fingerprint density at radius 3 is 2.53 bits per heavy atom. The van der Waals surface area contributed by atoms with Gasteiger partial charge >= 0.3 is 5.97 Å². The highest BCUT2D eigenvalue weighted by atomic mass is 16.5. The highest BCUT2D eigenvalue weighted by molar-refractivity contribution is 5.81. The van der Waals surface area contributed by atoms with Crippen LogP contribution in [0.25, 0.3) is 0 Å². The molecule has 0 atom stereocenters. The standard InChI is InChI=1S/C15H26O2/c1-3-5-6-7-8-13-9-11-14(12-10-13)17-15(16)4-2/h4,13-14H,2-3,5-12H2,1H3. The number of unbranched alkanes of at least 4 members (excludes halogenated alkanes) is 3. The lowest BCUT2D eigenvalue weighted by atomic mass is 9.84. The monoisotopic (exact) mass is 238 g/mol. The summed E-state index contributed by atoms with van der Waals surface area (Å²) in [5, 5.41) is 0. The quantitative estimate of drug-likeness (QED) is 0.376. The maximum atomic E-state index is 11.1. The molecule has 0 radical (unpaired) electrons. The molecular weight excluding hydrogens is 212 g/mol. The second-order valence-corrected chi connectivity index (χ2v) is 5.13. The molecule has 2 heteroatoms. The van der Waals surface area contributed by atoms with E-state index in [-0.39, 0.29) is 12.1 Å². The first-order valence-electron chi connectivity index (χ1n) is 7.09. The Hall–Kier alpha value is -0.790. The second-order valence-electron chi connectivity index (χ2n) is 5.13. The largest absolute Gasteiger partial charge is 0.459 e. The Labute approximate surface area is 105 Å². The van der Waals surface area contributed by atoms with Gasteiger partial charge in [0.2, 0.25) is 0 Å². The van der Waals surface area contributed by atoms with Gasteiger partial charge in [0.1, 0.15) is 6.10 Å². The van der Waals surface area contributed by atoms with Crippen molar-refractivity contribution in [3.05, 3.63) is 12.7 Å². The molecule has 0 amide bonds. The molecule has 1 saturated carbocycles. The molecule has 2 nitrogen and oxygen atoms in total. The SMILES string of the molecule is C=CC(=O)OC1CCC(CCCCCC)CC1. The van der Waals surface area contributed by atoms with Gasteiger partial charge in [0, 0.05) is 6.08 Å². The molecular formula is C15H26O2. The first-order chi connectivity index (χ1) is 8.26. The molecule has 0 bridgehead atoms. The Balaban J connectivity index is 2.08. The van der Waals surface area contributed by atoms with Gasteiger partial charge in [-0.1, -0.05) is 45.6 Å². The van der Waals surface area contributed by atoms with Gasteiger partial charge < -0.3 is 4.74 Å². The molecule has 0 unspecified atom stereocenters. The maximum Gasteiger partial charge on any atom is 0.330 e. The summed E-state index contributed by atoms with van der Waals surface area (Å²) >= 11 is 0. The summed E-state index contributed by atoms with van der Waals surface area (Å²) in [5.74, 6) is 0.599. The first-order valence-corrected chi connectivity index (χ1v) is 7.09. The van der Waals surface area contributed by atoms with Crippen LogP contribution < -0.4 is 0 Å². The van der Waals surface area contributed by atoms with Crippen molar-refractivity contribution < 1.29 is 9.53 Å². The van der Waals surface area contributed by atoms with Crippen molar-refractivity contribution in [1.82, 2.24) is 0 Å². The number of ether oxygens (including phenoxy) is 1. The first kappa shape index (κ1) is 14.3. The Bertz CT molecular complexity index is 227. The van der Waals surface area contributed by atoms with E-state index in [9.17, 15) is 4.79 Å². The summed E-state index contributed by atoms with van der Waals surface area (Å²) in [6, 6.07) is 0. The van der Waals surface area contributed by atoms with Crippen molar-refractivity contribution in [1.29, 1.82) is 0 Å². The highest BCUT2D eigenvalue weighted by Gasteiger charge is 2.22. The highest BCUT2D eigenvalue weighted by Crippen LogP contribution is 2.30. The van der Waals surface area contributed by atoms with Crippen molar-refractivity contribution in [2.45, 2.75) is 70.8 Å². The molecule has 1 fully saturated rings. The number of carbonyl (C=O) groups excluding carboxylic acids is 1. The molecule has 0 aromatic rings. The average molecular weight is 238 g/mol. The van der Waals surface area contributed by atoms with Crippen LogP contribution in [0, 0.1) is 5.92 Å². The van der Waals surface area contributed by atoms with Crippen LogP contribution in [0.5, 0.6) is 0 Å². The van der Waals surface area contributed by atoms with Crippen LogP contribution in [0.2, 0.25) is 0 Å².